The molecule has 24 heavy (non-hydrogen) atoms. The molecule has 1 aliphatic heterocycles. The maximum atomic E-state index is 12.7. The van der Waals surface area contributed by atoms with Crippen LogP contribution in [0.25, 0.3) is 0 Å². The molecule has 0 saturated carbocycles. The minimum absolute atomic E-state index is 0.153. The molecule has 6 nitrogen and oxygen atoms in total. The molecule has 6 heteroatoms. The standard InChI is InChI=1S/C18H26N4O2/c1-12(2)18-19-7-9-22(18)15-6-5-8-21(11-15)17(23)10-16-13(3)20-24-14(16)4/h7,9,12,15H,5-6,8,10-11H2,1-4H3/t15-/m0/s1. The van der Waals surface area contributed by atoms with E-state index in [9.17, 15) is 4.79 Å². The minimum Gasteiger partial charge on any atom is -0.361 e. The number of piperidine rings is 1. The van der Waals surface area contributed by atoms with Crippen molar-refractivity contribution in [2.45, 2.75) is 58.9 Å². The van der Waals surface area contributed by atoms with Crippen molar-refractivity contribution in [3.05, 3.63) is 35.2 Å². The molecule has 0 aromatic carbocycles. The Morgan fingerprint density at radius 3 is 2.88 bits per heavy atom. The highest BCUT2D eigenvalue weighted by Gasteiger charge is 2.27. The largest absolute Gasteiger partial charge is 0.361 e. The van der Waals surface area contributed by atoms with Gasteiger partial charge in [-0.2, -0.15) is 0 Å². The summed E-state index contributed by atoms with van der Waals surface area (Å²) in [6.45, 7) is 9.63. The van der Waals surface area contributed by atoms with Gasteiger partial charge in [-0.15, -0.1) is 0 Å². The van der Waals surface area contributed by atoms with E-state index in [1.165, 1.54) is 0 Å². The van der Waals surface area contributed by atoms with Crippen molar-refractivity contribution in [2.24, 2.45) is 0 Å². The van der Waals surface area contributed by atoms with Gasteiger partial charge in [-0.05, 0) is 26.7 Å². The van der Waals surface area contributed by atoms with E-state index in [1.54, 1.807) is 0 Å². The molecular weight excluding hydrogens is 304 g/mol. The SMILES string of the molecule is Cc1noc(C)c1CC(=O)N1CCC[C@H](n2ccnc2C(C)C)C1. The summed E-state index contributed by atoms with van der Waals surface area (Å²) in [4.78, 5) is 19.2. The van der Waals surface area contributed by atoms with Crippen LogP contribution < -0.4 is 0 Å². The van der Waals surface area contributed by atoms with Crippen LogP contribution in [0.5, 0.6) is 0 Å². The summed E-state index contributed by atoms with van der Waals surface area (Å²) >= 11 is 0. The molecule has 2 aromatic heterocycles. The van der Waals surface area contributed by atoms with Crippen molar-refractivity contribution in [1.29, 1.82) is 0 Å². The van der Waals surface area contributed by atoms with Crippen molar-refractivity contribution in [3.63, 3.8) is 0 Å². The second kappa shape index (κ2) is 6.79. The number of aromatic nitrogens is 3. The number of carbonyl (C=O) groups excluding carboxylic acids is 1. The molecule has 0 unspecified atom stereocenters. The molecule has 0 N–H and O–H groups in total. The number of carbonyl (C=O) groups is 1. The third-order valence-corrected chi connectivity index (χ3v) is 4.87. The number of rotatable bonds is 4. The fraction of sp³-hybridized carbons (Fsp3) is 0.611. The molecule has 0 spiro atoms. The molecule has 0 bridgehead atoms. The first kappa shape index (κ1) is 16.7. The monoisotopic (exact) mass is 330 g/mol. The number of hydrogen-bond donors (Lipinski definition) is 0. The summed E-state index contributed by atoms with van der Waals surface area (Å²) in [6, 6.07) is 0.312. The van der Waals surface area contributed by atoms with Gasteiger partial charge in [0.05, 0.1) is 18.2 Å². The van der Waals surface area contributed by atoms with Gasteiger partial charge in [-0.1, -0.05) is 19.0 Å². The number of amides is 1. The second-order valence-electron chi connectivity index (χ2n) is 6.96. The Bertz CT molecular complexity index is 697. The summed E-state index contributed by atoms with van der Waals surface area (Å²) in [5.74, 6) is 2.37. The predicted molar refractivity (Wildman–Crippen MR) is 90.8 cm³/mol. The van der Waals surface area contributed by atoms with Crippen LogP contribution in [-0.2, 0) is 11.2 Å². The fourth-order valence-corrected chi connectivity index (χ4v) is 3.51. The summed E-state index contributed by atoms with van der Waals surface area (Å²) < 4.78 is 7.42. The summed E-state index contributed by atoms with van der Waals surface area (Å²) in [6.07, 6.45) is 6.38. The average molecular weight is 330 g/mol. The summed E-state index contributed by atoms with van der Waals surface area (Å²) in [5.41, 5.74) is 1.73. The van der Waals surface area contributed by atoms with Gasteiger partial charge in [0, 0.05) is 37.0 Å². The number of hydrogen-bond acceptors (Lipinski definition) is 4. The third kappa shape index (κ3) is 3.23. The second-order valence-corrected chi connectivity index (χ2v) is 6.96. The topological polar surface area (TPSA) is 64.2 Å². The van der Waals surface area contributed by atoms with Crippen molar-refractivity contribution < 1.29 is 9.32 Å². The van der Waals surface area contributed by atoms with E-state index in [2.05, 4.69) is 28.6 Å². The van der Waals surface area contributed by atoms with Gasteiger partial charge >= 0.3 is 0 Å². The van der Waals surface area contributed by atoms with Crippen molar-refractivity contribution in [1.82, 2.24) is 19.6 Å². The van der Waals surface area contributed by atoms with Crippen LogP contribution in [-0.4, -0.2) is 38.6 Å². The summed E-state index contributed by atoms with van der Waals surface area (Å²) in [7, 11) is 0. The van der Waals surface area contributed by atoms with Crippen molar-refractivity contribution in [2.75, 3.05) is 13.1 Å². The van der Waals surface area contributed by atoms with Gasteiger partial charge in [0.1, 0.15) is 11.6 Å². The van der Waals surface area contributed by atoms with E-state index in [4.69, 9.17) is 4.52 Å². The molecule has 130 valence electrons. The maximum absolute atomic E-state index is 12.7. The average Bonchev–Trinajstić information content (AvgIpc) is 3.17. The highest BCUT2D eigenvalue weighted by Crippen LogP contribution is 2.26. The lowest BCUT2D eigenvalue weighted by atomic mass is 10.0. The van der Waals surface area contributed by atoms with Gasteiger partial charge in [-0.3, -0.25) is 4.79 Å². The van der Waals surface area contributed by atoms with Gasteiger partial charge < -0.3 is 14.0 Å². The number of aryl methyl sites for hydroxylation is 2. The Hall–Kier alpha value is -2.11. The Kier molecular flexibility index (Phi) is 4.73. The minimum atomic E-state index is 0.153. The van der Waals surface area contributed by atoms with E-state index >= 15 is 0 Å². The molecule has 1 atom stereocenters. The normalized spacial score (nSPS) is 18.4. The molecular formula is C18H26N4O2. The Morgan fingerprint density at radius 2 is 2.21 bits per heavy atom. The lowest BCUT2D eigenvalue weighted by molar-refractivity contribution is -0.132. The number of imidazole rings is 1. The first-order valence-corrected chi connectivity index (χ1v) is 8.69. The first-order valence-electron chi connectivity index (χ1n) is 8.69. The molecule has 0 aliphatic carbocycles. The summed E-state index contributed by atoms with van der Waals surface area (Å²) in [5, 5.41) is 3.94. The van der Waals surface area contributed by atoms with E-state index in [0.717, 1.165) is 48.8 Å². The Balaban J connectivity index is 1.71. The van der Waals surface area contributed by atoms with Crippen LogP contribution in [0.3, 0.4) is 0 Å². The molecule has 3 heterocycles. The van der Waals surface area contributed by atoms with Crippen LogP contribution in [0.4, 0.5) is 0 Å². The number of nitrogens with zero attached hydrogens (tertiary/aromatic N) is 4. The maximum Gasteiger partial charge on any atom is 0.227 e. The van der Waals surface area contributed by atoms with Crippen molar-refractivity contribution in [3.8, 4) is 0 Å². The van der Waals surface area contributed by atoms with Crippen LogP contribution in [0.15, 0.2) is 16.9 Å². The number of likely N-dealkylation sites (tertiary alicyclic amines) is 1. The molecule has 1 saturated heterocycles. The van der Waals surface area contributed by atoms with E-state index in [1.807, 2.05) is 31.1 Å². The third-order valence-electron chi connectivity index (χ3n) is 4.87. The van der Waals surface area contributed by atoms with E-state index in [-0.39, 0.29) is 5.91 Å². The quantitative estimate of drug-likeness (QED) is 0.864. The Labute approximate surface area is 142 Å². The van der Waals surface area contributed by atoms with E-state index in [0.29, 0.717) is 18.4 Å². The smallest absolute Gasteiger partial charge is 0.227 e. The van der Waals surface area contributed by atoms with Crippen LogP contribution >= 0.6 is 0 Å². The van der Waals surface area contributed by atoms with Gasteiger partial charge in [0.15, 0.2) is 0 Å². The van der Waals surface area contributed by atoms with Crippen LogP contribution in [0, 0.1) is 13.8 Å². The molecule has 3 rings (SSSR count). The highest BCUT2D eigenvalue weighted by atomic mass is 16.5. The van der Waals surface area contributed by atoms with Crippen molar-refractivity contribution >= 4 is 5.91 Å². The van der Waals surface area contributed by atoms with Gasteiger partial charge in [0.2, 0.25) is 5.91 Å². The highest BCUT2D eigenvalue weighted by molar-refractivity contribution is 5.79. The lowest BCUT2D eigenvalue weighted by Crippen LogP contribution is -2.41. The van der Waals surface area contributed by atoms with Crippen LogP contribution in [0.1, 0.15) is 61.5 Å². The first-order chi connectivity index (χ1) is 11.5. The predicted octanol–water partition coefficient (Wildman–Crippen LogP) is 3.02. The van der Waals surface area contributed by atoms with Crippen LogP contribution in [0.2, 0.25) is 0 Å². The molecule has 1 amide bonds. The molecule has 0 radical (unpaired) electrons. The zero-order valence-electron chi connectivity index (χ0n) is 15.0. The molecule has 2 aromatic rings. The molecule has 1 aliphatic rings. The lowest BCUT2D eigenvalue weighted by Gasteiger charge is -2.34. The van der Waals surface area contributed by atoms with E-state index < -0.39 is 0 Å². The van der Waals surface area contributed by atoms with Gasteiger partial charge in [0.25, 0.3) is 0 Å². The fourth-order valence-electron chi connectivity index (χ4n) is 3.51. The molecule has 1 fully saturated rings. The zero-order chi connectivity index (χ0) is 17.3. The Morgan fingerprint density at radius 1 is 1.42 bits per heavy atom. The zero-order valence-corrected chi connectivity index (χ0v) is 15.0. The van der Waals surface area contributed by atoms with Gasteiger partial charge in [-0.25, -0.2) is 4.98 Å².